The van der Waals surface area contributed by atoms with Crippen LogP contribution in [0.15, 0.2) is 30.3 Å². The second-order valence-corrected chi connectivity index (χ2v) is 5.49. The molecule has 0 aliphatic rings. The highest BCUT2D eigenvalue weighted by molar-refractivity contribution is 5.29. The standard InChI is InChI=1S/C17H23N3O/c1-12(2)18-10-16-17(9-8-14(4)20-16)21-11-15-7-5-6-13(3)19-15/h5-9,12,18H,10-11H2,1-4H3. The number of rotatable bonds is 6. The van der Waals surface area contributed by atoms with E-state index in [9.17, 15) is 0 Å². The van der Waals surface area contributed by atoms with E-state index in [1.165, 1.54) is 0 Å². The van der Waals surface area contributed by atoms with Crippen molar-refractivity contribution in [3.8, 4) is 5.75 Å². The van der Waals surface area contributed by atoms with Gasteiger partial charge in [-0.2, -0.15) is 0 Å². The van der Waals surface area contributed by atoms with Crippen molar-refractivity contribution in [3.05, 3.63) is 53.1 Å². The van der Waals surface area contributed by atoms with Crippen LogP contribution in [0.3, 0.4) is 0 Å². The molecule has 2 rings (SSSR count). The van der Waals surface area contributed by atoms with Crippen LogP contribution in [0.25, 0.3) is 0 Å². The fraction of sp³-hybridized carbons (Fsp3) is 0.412. The molecule has 2 aromatic rings. The van der Waals surface area contributed by atoms with E-state index < -0.39 is 0 Å². The average molecular weight is 285 g/mol. The number of pyridine rings is 2. The summed E-state index contributed by atoms with van der Waals surface area (Å²) in [6, 6.07) is 10.3. The molecule has 2 aromatic heterocycles. The van der Waals surface area contributed by atoms with Crippen LogP contribution in [0.1, 0.15) is 36.6 Å². The maximum Gasteiger partial charge on any atom is 0.142 e. The molecule has 2 heterocycles. The van der Waals surface area contributed by atoms with Gasteiger partial charge in [0.15, 0.2) is 0 Å². The molecule has 0 bridgehead atoms. The number of hydrogen-bond acceptors (Lipinski definition) is 4. The van der Waals surface area contributed by atoms with Crippen LogP contribution in [0, 0.1) is 13.8 Å². The van der Waals surface area contributed by atoms with Crippen molar-refractivity contribution in [3.63, 3.8) is 0 Å². The largest absolute Gasteiger partial charge is 0.485 e. The highest BCUT2D eigenvalue weighted by atomic mass is 16.5. The first-order chi connectivity index (χ1) is 10.0. The molecule has 0 aromatic carbocycles. The number of aromatic nitrogens is 2. The Bertz CT molecular complexity index is 596. The Labute approximate surface area is 126 Å². The third kappa shape index (κ3) is 4.83. The molecule has 1 N–H and O–H groups in total. The van der Waals surface area contributed by atoms with Gasteiger partial charge < -0.3 is 10.1 Å². The number of nitrogens with zero attached hydrogens (tertiary/aromatic N) is 2. The Morgan fingerprint density at radius 1 is 1.05 bits per heavy atom. The van der Waals surface area contributed by atoms with Crippen molar-refractivity contribution in [1.29, 1.82) is 0 Å². The van der Waals surface area contributed by atoms with E-state index in [0.29, 0.717) is 19.2 Å². The van der Waals surface area contributed by atoms with E-state index in [1.807, 2.05) is 44.2 Å². The first-order valence-electron chi connectivity index (χ1n) is 7.30. The van der Waals surface area contributed by atoms with E-state index in [2.05, 4.69) is 29.1 Å². The Balaban J connectivity index is 2.08. The summed E-state index contributed by atoms with van der Waals surface area (Å²) in [5.74, 6) is 0.817. The molecule has 0 spiro atoms. The SMILES string of the molecule is Cc1cccc(COc2ccc(C)nc2CNC(C)C)n1. The van der Waals surface area contributed by atoms with Gasteiger partial charge in [0.25, 0.3) is 0 Å². The third-order valence-electron chi connectivity index (χ3n) is 3.07. The molecule has 21 heavy (non-hydrogen) atoms. The van der Waals surface area contributed by atoms with Crippen molar-refractivity contribution in [1.82, 2.24) is 15.3 Å². The molecule has 0 aliphatic heterocycles. The molecule has 0 saturated carbocycles. The smallest absolute Gasteiger partial charge is 0.142 e. The predicted molar refractivity (Wildman–Crippen MR) is 84.3 cm³/mol. The van der Waals surface area contributed by atoms with Gasteiger partial charge in [0, 0.05) is 24.0 Å². The van der Waals surface area contributed by atoms with Crippen LogP contribution in [-0.4, -0.2) is 16.0 Å². The van der Waals surface area contributed by atoms with Crippen LogP contribution in [-0.2, 0) is 13.2 Å². The van der Waals surface area contributed by atoms with Crippen molar-refractivity contribution >= 4 is 0 Å². The van der Waals surface area contributed by atoms with Gasteiger partial charge in [0.1, 0.15) is 12.4 Å². The Morgan fingerprint density at radius 2 is 1.81 bits per heavy atom. The van der Waals surface area contributed by atoms with Crippen molar-refractivity contribution < 1.29 is 4.74 Å². The lowest BCUT2D eigenvalue weighted by atomic mass is 10.2. The molecular formula is C17H23N3O. The average Bonchev–Trinajstić information content (AvgIpc) is 2.44. The lowest BCUT2D eigenvalue weighted by Gasteiger charge is -2.13. The van der Waals surface area contributed by atoms with E-state index in [4.69, 9.17) is 4.74 Å². The van der Waals surface area contributed by atoms with Gasteiger partial charge in [-0.15, -0.1) is 0 Å². The summed E-state index contributed by atoms with van der Waals surface area (Å²) < 4.78 is 5.90. The topological polar surface area (TPSA) is 47.0 Å². The van der Waals surface area contributed by atoms with Gasteiger partial charge in [-0.25, -0.2) is 0 Å². The minimum Gasteiger partial charge on any atom is -0.485 e. The normalized spacial score (nSPS) is 10.9. The third-order valence-corrected chi connectivity index (χ3v) is 3.07. The summed E-state index contributed by atoms with van der Waals surface area (Å²) in [5.41, 5.74) is 3.87. The molecule has 112 valence electrons. The molecule has 0 saturated heterocycles. The lowest BCUT2D eigenvalue weighted by molar-refractivity contribution is 0.294. The van der Waals surface area contributed by atoms with E-state index in [0.717, 1.165) is 28.5 Å². The highest BCUT2D eigenvalue weighted by Gasteiger charge is 2.07. The van der Waals surface area contributed by atoms with E-state index in [-0.39, 0.29) is 0 Å². The van der Waals surface area contributed by atoms with Crippen LogP contribution in [0.4, 0.5) is 0 Å². The number of nitrogens with one attached hydrogen (secondary N) is 1. The lowest BCUT2D eigenvalue weighted by Crippen LogP contribution is -2.23. The van der Waals surface area contributed by atoms with Crippen LogP contribution < -0.4 is 10.1 Å². The Morgan fingerprint density at radius 3 is 2.52 bits per heavy atom. The maximum atomic E-state index is 5.90. The monoisotopic (exact) mass is 285 g/mol. The molecule has 0 atom stereocenters. The molecular weight excluding hydrogens is 262 g/mol. The number of ether oxygens (including phenoxy) is 1. The molecule has 0 unspecified atom stereocenters. The fourth-order valence-corrected chi connectivity index (χ4v) is 1.99. The van der Waals surface area contributed by atoms with Gasteiger partial charge in [0.05, 0.1) is 11.4 Å². The summed E-state index contributed by atoms with van der Waals surface area (Å²) in [7, 11) is 0. The van der Waals surface area contributed by atoms with Gasteiger partial charge in [-0.05, 0) is 38.1 Å². The summed E-state index contributed by atoms with van der Waals surface area (Å²) in [5, 5.41) is 3.38. The molecule has 0 radical (unpaired) electrons. The van der Waals surface area contributed by atoms with E-state index >= 15 is 0 Å². The molecule has 4 heteroatoms. The van der Waals surface area contributed by atoms with Crippen molar-refractivity contribution in [2.45, 2.75) is 46.9 Å². The zero-order valence-corrected chi connectivity index (χ0v) is 13.2. The summed E-state index contributed by atoms with van der Waals surface area (Å²) in [6.45, 7) is 9.37. The molecule has 4 nitrogen and oxygen atoms in total. The number of hydrogen-bond donors (Lipinski definition) is 1. The van der Waals surface area contributed by atoms with Gasteiger partial charge in [-0.1, -0.05) is 19.9 Å². The van der Waals surface area contributed by atoms with Crippen LogP contribution >= 0.6 is 0 Å². The Kier molecular flexibility index (Phi) is 5.28. The second kappa shape index (κ2) is 7.18. The predicted octanol–water partition coefficient (Wildman–Crippen LogP) is 3.17. The molecule has 0 amide bonds. The maximum absolute atomic E-state index is 5.90. The molecule has 0 aliphatic carbocycles. The van der Waals surface area contributed by atoms with Crippen LogP contribution in [0.2, 0.25) is 0 Å². The quantitative estimate of drug-likeness (QED) is 0.885. The van der Waals surface area contributed by atoms with Crippen molar-refractivity contribution in [2.75, 3.05) is 0 Å². The Hall–Kier alpha value is -1.94. The minimum atomic E-state index is 0.415. The summed E-state index contributed by atoms with van der Waals surface area (Å²) in [6.07, 6.45) is 0. The minimum absolute atomic E-state index is 0.415. The number of aryl methyl sites for hydroxylation is 2. The zero-order chi connectivity index (χ0) is 15.2. The zero-order valence-electron chi connectivity index (χ0n) is 13.2. The first-order valence-corrected chi connectivity index (χ1v) is 7.30. The molecule has 0 fully saturated rings. The summed E-state index contributed by atoms with van der Waals surface area (Å²) >= 11 is 0. The van der Waals surface area contributed by atoms with Gasteiger partial charge in [0.2, 0.25) is 0 Å². The van der Waals surface area contributed by atoms with Crippen molar-refractivity contribution in [2.24, 2.45) is 0 Å². The second-order valence-electron chi connectivity index (χ2n) is 5.49. The van der Waals surface area contributed by atoms with Crippen LogP contribution in [0.5, 0.6) is 5.75 Å². The fourth-order valence-electron chi connectivity index (χ4n) is 1.99. The highest BCUT2D eigenvalue weighted by Crippen LogP contribution is 2.18. The van der Waals surface area contributed by atoms with Gasteiger partial charge in [-0.3, -0.25) is 9.97 Å². The summed E-state index contributed by atoms with van der Waals surface area (Å²) in [4.78, 5) is 9.02. The van der Waals surface area contributed by atoms with E-state index in [1.54, 1.807) is 0 Å². The van der Waals surface area contributed by atoms with Gasteiger partial charge >= 0.3 is 0 Å². The first kappa shape index (κ1) is 15.4.